The van der Waals surface area contributed by atoms with Gasteiger partial charge in [0.2, 0.25) is 0 Å². The van der Waals surface area contributed by atoms with Crippen LogP contribution in [0.1, 0.15) is 44.6 Å². The Balaban J connectivity index is 2.22. The summed E-state index contributed by atoms with van der Waals surface area (Å²) in [6.45, 7) is 4.74. The Labute approximate surface area is 119 Å². The van der Waals surface area contributed by atoms with E-state index in [2.05, 4.69) is 0 Å². The molecule has 0 bridgehead atoms. The molecule has 0 heterocycles. The summed E-state index contributed by atoms with van der Waals surface area (Å²) in [5, 5.41) is 0. The first-order chi connectivity index (χ1) is 8.88. The summed E-state index contributed by atoms with van der Waals surface area (Å²) in [5.41, 5.74) is 0.890. The van der Waals surface area contributed by atoms with Crippen molar-refractivity contribution in [2.24, 2.45) is 5.92 Å². The number of hydrogen-bond acceptors (Lipinski definition) is 3. The first kappa shape index (κ1) is 14.7. The van der Waals surface area contributed by atoms with Crippen LogP contribution in [-0.4, -0.2) is 15.0 Å². The summed E-state index contributed by atoms with van der Waals surface area (Å²) in [6.07, 6.45) is 3.74. The lowest BCUT2D eigenvalue weighted by molar-refractivity contribution is 0.179. The van der Waals surface area contributed by atoms with Crippen LogP contribution in [0.2, 0.25) is 0 Å². The third-order valence-electron chi connectivity index (χ3n) is 3.58. The van der Waals surface area contributed by atoms with E-state index in [0.29, 0.717) is 12.5 Å². The quantitative estimate of drug-likeness (QED) is 0.774. The van der Waals surface area contributed by atoms with Crippen molar-refractivity contribution in [1.82, 2.24) is 0 Å². The molecule has 0 atom stereocenters. The average Bonchev–Trinajstić information content (AvgIpc) is 2.25. The standard InChI is InChI=1S/C14H19ClO3S/c1-10(2)13-8-12(19(15,16)17)6-7-14(13)18-9-11-4-3-5-11/h6-8,10-11H,3-5,9H2,1-2H3. The smallest absolute Gasteiger partial charge is 0.261 e. The van der Waals surface area contributed by atoms with Crippen LogP contribution in [0.15, 0.2) is 23.1 Å². The second-order valence-corrected chi connectivity index (χ2v) is 7.97. The summed E-state index contributed by atoms with van der Waals surface area (Å²) < 4.78 is 28.6. The average molecular weight is 303 g/mol. The van der Waals surface area contributed by atoms with Crippen molar-refractivity contribution in [2.45, 2.75) is 43.9 Å². The van der Waals surface area contributed by atoms with Gasteiger partial charge in [-0.1, -0.05) is 20.3 Å². The summed E-state index contributed by atoms with van der Waals surface area (Å²) >= 11 is 0. The largest absolute Gasteiger partial charge is 0.493 e. The van der Waals surface area contributed by atoms with Crippen molar-refractivity contribution >= 4 is 19.7 Å². The van der Waals surface area contributed by atoms with E-state index >= 15 is 0 Å². The lowest BCUT2D eigenvalue weighted by Crippen LogP contribution is -2.19. The van der Waals surface area contributed by atoms with E-state index in [1.165, 1.54) is 25.3 Å². The molecule has 1 aromatic rings. The van der Waals surface area contributed by atoms with Crippen molar-refractivity contribution in [2.75, 3.05) is 6.61 Å². The molecule has 0 unspecified atom stereocenters. The number of rotatable bonds is 5. The molecule has 2 rings (SSSR count). The van der Waals surface area contributed by atoms with Crippen LogP contribution in [-0.2, 0) is 9.05 Å². The number of ether oxygens (including phenoxy) is 1. The molecule has 5 heteroatoms. The summed E-state index contributed by atoms with van der Waals surface area (Å²) in [7, 11) is 1.69. The molecule has 0 spiro atoms. The van der Waals surface area contributed by atoms with Gasteiger partial charge in [0.05, 0.1) is 11.5 Å². The van der Waals surface area contributed by atoms with Crippen molar-refractivity contribution < 1.29 is 13.2 Å². The lowest BCUT2D eigenvalue weighted by Gasteiger charge is -2.26. The molecule has 1 fully saturated rings. The molecule has 1 aliphatic rings. The van der Waals surface area contributed by atoms with Gasteiger partial charge < -0.3 is 4.74 Å². The van der Waals surface area contributed by atoms with Gasteiger partial charge in [0.25, 0.3) is 9.05 Å². The third kappa shape index (κ3) is 3.63. The van der Waals surface area contributed by atoms with Crippen LogP contribution in [0.25, 0.3) is 0 Å². The fraction of sp³-hybridized carbons (Fsp3) is 0.571. The zero-order valence-electron chi connectivity index (χ0n) is 11.2. The minimum atomic E-state index is -3.68. The zero-order valence-corrected chi connectivity index (χ0v) is 12.8. The molecule has 0 saturated heterocycles. The lowest BCUT2D eigenvalue weighted by atomic mass is 9.86. The summed E-state index contributed by atoms with van der Waals surface area (Å²) in [4.78, 5) is 0.133. The summed E-state index contributed by atoms with van der Waals surface area (Å²) in [6, 6.07) is 4.83. The number of hydrogen-bond donors (Lipinski definition) is 0. The van der Waals surface area contributed by atoms with Crippen LogP contribution in [0.4, 0.5) is 0 Å². The Kier molecular flexibility index (Phi) is 4.41. The molecule has 106 valence electrons. The number of benzene rings is 1. The predicted molar refractivity (Wildman–Crippen MR) is 76.4 cm³/mol. The van der Waals surface area contributed by atoms with Gasteiger partial charge in [0.1, 0.15) is 5.75 Å². The molecule has 1 aliphatic carbocycles. The van der Waals surface area contributed by atoms with Gasteiger partial charge in [0.15, 0.2) is 0 Å². The Bertz CT molecular complexity index is 548. The van der Waals surface area contributed by atoms with E-state index < -0.39 is 9.05 Å². The molecule has 0 radical (unpaired) electrons. The van der Waals surface area contributed by atoms with Crippen LogP contribution in [0, 0.1) is 5.92 Å². The van der Waals surface area contributed by atoms with Crippen LogP contribution < -0.4 is 4.74 Å². The topological polar surface area (TPSA) is 43.4 Å². The molecule has 0 aliphatic heterocycles. The van der Waals surface area contributed by atoms with Gasteiger partial charge >= 0.3 is 0 Å². The highest BCUT2D eigenvalue weighted by molar-refractivity contribution is 8.13. The van der Waals surface area contributed by atoms with Crippen LogP contribution in [0.5, 0.6) is 5.75 Å². The highest BCUT2D eigenvalue weighted by Crippen LogP contribution is 2.32. The highest BCUT2D eigenvalue weighted by atomic mass is 35.7. The van der Waals surface area contributed by atoms with Crippen LogP contribution in [0.3, 0.4) is 0 Å². The zero-order chi connectivity index (χ0) is 14.0. The Hall–Kier alpha value is -0.740. The van der Waals surface area contributed by atoms with Gasteiger partial charge in [-0.25, -0.2) is 8.42 Å². The fourth-order valence-electron chi connectivity index (χ4n) is 2.13. The van der Waals surface area contributed by atoms with E-state index in [1.54, 1.807) is 12.1 Å². The molecule has 3 nitrogen and oxygen atoms in total. The monoisotopic (exact) mass is 302 g/mol. The molecular formula is C14H19ClO3S. The van der Waals surface area contributed by atoms with Gasteiger partial charge in [0, 0.05) is 10.7 Å². The normalized spacial score (nSPS) is 16.4. The van der Waals surface area contributed by atoms with E-state index in [0.717, 1.165) is 11.3 Å². The number of halogens is 1. The first-order valence-electron chi connectivity index (χ1n) is 6.59. The maximum atomic E-state index is 11.4. The minimum Gasteiger partial charge on any atom is -0.493 e. The Morgan fingerprint density at radius 3 is 2.53 bits per heavy atom. The molecular weight excluding hydrogens is 284 g/mol. The predicted octanol–water partition coefficient (Wildman–Crippen LogP) is 3.92. The van der Waals surface area contributed by atoms with Gasteiger partial charge in [-0.15, -0.1) is 0 Å². The van der Waals surface area contributed by atoms with Gasteiger partial charge in [-0.3, -0.25) is 0 Å². The van der Waals surface area contributed by atoms with Crippen molar-refractivity contribution in [3.05, 3.63) is 23.8 Å². The molecule has 0 N–H and O–H groups in total. The second kappa shape index (κ2) is 5.71. The Morgan fingerprint density at radius 2 is 2.05 bits per heavy atom. The van der Waals surface area contributed by atoms with Crippen molar-refractivity contribution in [3.63, 3.8) is 0 Å². The van der Waals surface area contributed by atoms with Crippen molar-refractivity contribution in [1.29, 1.82) is 0 Å². The van der Waals surface area contributed by atoms with E-state index in [-0.39, 0.29) is 10.8 Å². The molecule has 1 aromatic carbocycles. The fourth-order valence-corrected chi connectivity index (χ4v) is 2.91. The van der Waals surface area contributed by atoms with Crippen molar-refractivity contribution in [3.8, 4) is 5.75 Å². The maximum absolute atomic E-state index is 11.4. The Morgan fingerprint density at radius 1 is 1.37 bits per heavy atom. The van der Waals surface area contributed by atoms with Gasteiger partial charge in [-0.2, -0.15) is 0 Å². The van der Waals surface area contributed by atoms with E-state index in [1.807, 2.05) is 13.8 Å². The van der Waals surface area contributed by atoms with Gasteiger partial charge in [-0.05, 0) is 48.4 Å². The van der Waals surface area contributed by atoms with E-state index in [4.69, 9.17) is 15.4 Å². The second-order valence-electron chi connectivity index (χ2n) is 5.40. The molecule has 0 aromatic heterocycles. The first-order valence-corrected chi connectivity index (χ1v) is 8.90. The molecule has 0 amide bonds. The van der Waals surface area contributed by atoms with E-state index in [9.17, 15) is 8.42 Å². The summed E-state index contributed by atoms with van der Waals surface area (Å²) in [5.74, 6) is 1.61. The maximum Gasteiger partial charge on any atom is 0.261 e. The SMILES string of the molecule is CC(C)c1cc(S(=O)(=O)Cl)ccc1OCC1CCC1. The highest BCUT2D eigenvalue weighted by Gasteiger charge is 2.20. The third-order valence-corrected chi connectivity index (χ3v) is 4.94. The molecule has 1 saturated carbocycles. The minimum absolute atomic E-state index is 0.133. The van der Waals surface area contributed by atoms with Crippen LogP contribution >= 0.6 is 10.7 Å². The molecule has 19 heavy (non-hydrogen) atoms.